The van der Waals surface area contributed by atoms with Gasteiger partial charge in [-0.1, -0.05) is 30.0 Å². The first-order valence-electron chi connectivity index (χ1n) is 5.72. The molecule has 102 valence electrons. The van der Waals surface area contributed by atoms with Crippen LogP contribution in [-0.2, 0) is 4.79 Å². The predicted octanol–water partition coefficient (Wildman–Crippen LogP) is 0.819. The van der Waals surface area contributed by atoms with Crippen LogP contribution >= 0.6 is 11.8 Å². The van der Waals surface area contributed by atoms with Gasteiger partial charge in [0.15, 0.2) is 5.16 Å². The molecule has 0 unspecified atom stereocenters. The van der Waals surface area contributed by atoms with Crippen molar-refractivity contribution in [3.8, 4) is 0 Å². The summed E-state index contributed by atoms with van der Waals surface area (Å²) in [4.78, 5) is 40.7. The van der Waals surface area contributed by atoms with Crippen molar-refractivity contribution in [1.29, 1.82) is 0 Å². The van der Waals surface area contributed by atoms with Gasteiger partial charge in [0.1, 0.15) is 0 Å². The van der Waals surface area contributed by atoms with Gasteiger partial charge in [-0.25, -0.2) is 4.98 Å². The molecule has 20 heavy (non-hydrogen) atoms. The van der Waals surface area contributed by atoms with E-state index in [0.717, 1.165) is 11.8 Å². The molecule has 2 aromatic rings. The van der Waals surface area contributed by atoms with Crippen molar-refractivity contribution >= 4 is 23.6 Å². The van der Waals surface area contributed by atoms with Crippen LogP contribution in [0.2, 0.25) is 0 Å². The Kier molecular flexibility index (Phi) is 4.67. The second-order valence-electron chi connectivity index (χ2n) is 3.77. The van der Waals surface area contributed by atoms with E-state index in [2.05, 4.69) is 15.3 Å². The summed E-state index contributed by atoms with van der Waals surface area (Å²) in [6, 6.07) is 9.73. The Morgan fingerprint density at radius 2 is 1.95 bits per heavy atom. The molecule has 2 rings (SSSR count). The molecular weight excluding hydrogens is 278 g/mol. The Labute approximate surface area is 118 Å². The zero-order chi connectivity index (χ0) is 14.4. The quantitative estimate of drug-likeness (QED) is 0.642. The predicted molar refractivity (Wildman–Crippen MR) is 74.5 cm³/mol. The molecule has 2 N–H and O–H groups in total. The highest BCUT2D eigenvalue weighted by molar-refractivity contribution is 7.99. The molecule has 0 bridgehead atoms. The summed E-state index contributed by atoms with van der Waals surface area (Å²) < 4.78 is 0. The molecule has 0 fully saturated rings. The van der Waals surface area contributed by atoms with E-state index in [1.807, 2.05) is 0 Å². The van der Waals surface area contributed by atoms with Crippen molar-refractivity contribution < 1.29 is 9.59 Å². The van der Waals surface area contributed by atoms with Gasteiger partial charge >= 0.3 is 0 Å². The third-order valence-electron chi connectivity index (χ3n) is 2.28. The summed E-state index contributed by atoms with van der Waals surface area (Å²) >= 11 is 1.05. The summed E-state index contributed by atoms with van der Waals surface area (Å²) in [7, 11) is 0. The van der Waals surface area contributed by atoms with Crippen molar-refractivity contribution in [2.24, 2.45) is 0 Å². The SMILES string of the molecule is O=C(CSc1nccc(=O)[nH]1)NC(=O)c1ccccc1. The van der Waals surface area contributed by atoms with Gasteiger partial charge in [0.2, 0.25) is 5.91 Å². The van der Waals surface area contributed by atoms with Crippen molar-refractivity contribution in [3.63, 3.8) is 0 Å². The van der Waals surface area contributed by atoms with Gasteiger partial charge in [-0.15, -0.1) is 0 Å². The number of imide groups is 1. The molecule has 0 saturated heterocycles. The maximum absolute atomic E-state index is 11.7. The number of benzene rings is 1. The Morgan fingerprint density at radius 1 is 1.20 bits per heavy atom. The zero-order valence-corrected chi connectivity index (χ0v) is 11.1. The van der Waals surface area contributed by atoms with Crippen LogP contribution in [0, 0.1) is 0 Å². The number of rotatable bonds is 4. The topological polar surface area (TPSA) is 91.9 Å². The second kappa shape index (κ2) is 6.67. The molecule has 6 nitrogen and oxygen atoms in total. The largest absolute Gasteiger partial charge is 0.301 e. The van der Waals surface area contributed by atoms with Crippen LogP contribution in [0.5, 0.6) is 0 Å². The Balaban J connectivity index is 1.87. The normalized spacial score (nSPS) is 10.0. The van der Waals surface area contributed by atoms with Gasteiger partial charge < -0.3 is 4.98 Å². The molecule has 0 saturated carbocycles. The lowest BCUT2D eigenvalue weighted by molar-refractivity contribution is -0.117. The van der Waals surface area contributed by atoms with E-state index in [1.54, 1.807) is 30.3 Å². The van der Waals surface area contributed by atoms with Gasteiger partial charge in [-0.05, 0) is 12.1 Å². The van der Waals surface area contributed by atoms with Gasteiger partial charge in [0.25, 0.3) is 11.5 Å². The van der Waals surface area contributed by atoms with Crippen LogP contribution in [0.15, 0.2) is 52.5 Å². The van der Waals surface area contributed by atoms with Crippen LogP contribution in [0.3, 0.4) is 0 Å². The lowest BCUT2D eigenvalue weighted by Gasteiger charge is -2.03. The minimum absolute atomic E-state index is 0.00841. The fraction of sp³-hybridized carbons (Fsp3) is 0.0769. The van der Waals surface area contributed by atoms with Gasteiger partial charge in [-0.3, -0.25) is 19.7 Å². The molecule has 7 heteroatoms. The Hall–Kier alpha value is -2.41. The average Bonchev–Trinajstić information content (AvgIpc) is 2.46. The summed E-state index contributed by atoms with van der Waals surface area (Å²) in [5.41, 5.74) is 0.125. The zero-order valence-electron chi connectivity index (χ0n) is 10.3. The number of amides is 2. The first kappa shape index (κ1) is 14.0. The molecule has 0 aliphatic heterocycles. The highest BCUT2D eigenvalue weighted by Crippen LogP contribution is 2.09. The monoisotopic (exact) mass is 289 g/mol. The highest BCUT2D eigenvalue weighted by atomic mass is 32.2. The first-order chi connectivity index (χ1) is 9.65. The van der Waals surface area contributed by atoms with Gasteiger partial charge in [0, 0.05) is 17.8 Å². The highest BCUT2D eigenvalue weighted by Gasteiger charge is 2.10. The molecule has 2 amide bonds. The van der Waals surface area contributed by atoms with E-state index < -0.39 is 11.8 Å². The number of nitrogens with one attached hydrogen (secondary N) is 2. The second-order valence-corrected chi connectivity index (χ2v) is 4.74. The lowest BCUT2D eigenvalue weighted by Crippen LogP contribution is -2.31. The third-order valence-corrected chi connectivity index (χ3v) is 3.16. The first-order valence-corrected chi connectivity index (χ1v) is 6.71. The molecule has 0 aliphatic carbocycles. The minimum atomic E-state index is -0.453. The molecular formula is C13H11N3O3S. The van der Waals surface area contributed by atoms with Crippen molar-refractivity contribution in [3.05, 3.63) is 58.5 Å². The maximum atomic E-state index is 11.7. The van der Waals surface area contributed by atoms with Crippen LogP contribution < -0.4 is 10.9 Å². The number of nitrogens with zero attached hydrogens (tertiary/aromatic N) is 1. The maximum Gasteiger partial charge on any atom is 0.257 e. The van der Waals surface area contributed by atoms with Crippen molar-refractivity contribution in [2.75, 3.05) is 5.75 Å². The van der Waals surface area contributed by atoms with Crippen LogP contribution in [-0.4, -0.2) is 27.5 Å². The number of aromatic nitrogens is 2. The number of carbonyl (C=O) groups is 2. The van der Waals surface area contributed by atoms with Crippen LogP contribution in [0.25, 0.3) is 0 Å². The fourth-order valence-corrected chi connectivity index (χ4v) is 2.03. The number of thioether (sulfide) groups is 1. The molecule has 0 atom stereocenters. The number of H-pyrrole nitrogens is 1. The smallest absolute Gasteiger partial charge is 0.257 e. The Morgan fingerprint density at radius 3 is 2.65 bits per heavy atom. The average molecular weight is 289 g/mol. The van der Waals surface area contributed by atoms with E-state index >= 15 is 0 Å². The van der Waals surface area contributed by atoms with Crippen LogP contribution in [0.4, 0.5) is 0 Å². The Bertz CT molecular complexity index is 670. The van der Waals surface area contributed by atoms with Crippen molar-refractivity contribution in [1.82, 2.24) is 15.3 Å². The fourth-order valence-electron chi connectivity index (χ4n) is 1.38. The molecule has 0 aliphatic rings. The number of hydrogen-bond acceptors (Lipinski definition) is 5. The summed E-state index contributed by atoms with van der Waals surface area (Å²) in [6.45, 7) is 0. The van der Waals surface area contributed by atoms with Gasteiger partial charge in [0.05, 0.1) is 5.75 Å². The summed E-state index contributed by atoms with van der Waals surface area (Å²) in [6.07, 6.45) is 1.36. The number of aromatic amines is 1. The molecule has 1 aromatic carbocycles. The third kappa shape index (κ3) is 4.06. The van der Waals surface area contributed by atoms with E-state index in [0.29, 0.717) is 10.7 Å². The minimum Gasteiger partial charge on any atom is -0.301 e. The van der Waals surface area contributed by atoms with E-state index in [9.17, 15) is 14.4 Å². The molecule has 1 aromatic heterocycles. The van der Waals surface area contributed by atoms with Gasteiger partial charge in [-0.2, -0.15) is 0 Å². The molecule has 0 radical (unpaired) electrons. The van der Waals surface area contributed by atoms with Crippen molar-refractivity contribution in [2.45, 2.75) is 5.16 Å². The molecule has 0 spiro atoms. The summed E-state index contributed by atoms with van der Waals surface area (Å²) in [5, 5.41) is 2.60. The van der Waals surface area contributed by atoms with E-state index in [4.69, 9.17) is 0 Å². The standard InChI is InChI=1S/C13H11N3O3S/c17-10-6-7-14-13(16-10)20-8-11(18)15-12(19)9-4-2-1-3-5-9/h1-7H,8H2,(H,14,16,17)(H,15,18,19). The van der Waals surface area contributed by atoms with E-state index in [-0.39, 0.29) is 11.3 Å². The van der Waals surface area contributed by atoms with E-state index in [1.165, 1.54) is 12.3 Å². The van der Waals surface area contributed by atoms with Crippen LogP contribution in [0.1, 0.15) is 10.4 Å². The number of carbonyl (C=O) groups excluding carboxylic acids is 2. The number of hydrogen-bond donors (Lipinski definition) is 2. The lowest BCUT2D eigenvalue weighted by atomic mass is 10.2. The molecule has 1 heterocycles. The summed E-state index contributed by atoms with van der Waals surface area (Å²) in [5.74, 6) is -0.910.